The summed E-state index contributed by atoms with van der Waals surface area (Å²) in [6.45, 7) is 7.02. The number of rotatable bonds is 6. The van der Waals surface area contributed by atoms with Crippen LogP contribution < -0.4 is 15.5 Å². The minimum atomic E-state index is 0. The highest BCUT2D eigenvalue weighted by Gasteiger charge is 2.14. The molecule has 0 aliphatic rings. The van der Waals surface area contributed by atoms with Gasteiger partial charge in [0, 0.05) is 51.9 Å². The monoisotopic (exact) mass is 535 g/mol. The Kier molecular flexibility index (Phi) is 8.67. The van der Waals surface area contributed by atoms with E-state index in [2.05, 4.69) is 65.8 Å². The minimum Gasteiger partial charge on any atom is -0.363 e. The molecular formula is C23H34IN7. The summed E-state index contributed by atoms with van der Waals surface area (Å²) in [6, 6.07) is 10.6. The zero-order valence-electron chi connectivity index (χ0n) is 19.5. The molecule has 0 saturated heterocycles. The molecule has 3 rings (SSSR count). The van der Waals surface area contributed by atoms with Crippen molar-refractivity contribution in [1.82, 2.24) is 25.4 Å². The lowest BCUT2D eigenvalue weighted by molar-refractivity contribution is 0.635. The van der Waals surface area contributed by atoms with E-state index in [1.165, 1.54) is 16.8 Å². The van der Waals surface area contributed by atoms with Gasteiger partial charge in [-0.15, -0.1) is 24.0 Å². The normalized spacial score (nSPS) is 12.4. The molecule has 0 aliphatic heterocycles. The van der Waals surface area contributed by atoms with Gasteiger partial charge in [-0.25, -0.2) is 4.98 Å². The second kappa shape index (κ2) is 10.8. The fourth-order valence-electron chi connectivity index (χ4n) is 3.68. The van der Waals surface area contributed by atoms with E-state index in [4.69, 9.17) is 4.98 Å². The highest BCUT2D eigenvalue weighted by molar-refractivity contribution is 14.0. The van der Waals surface area contributed by atoms with Crippen LogP contribution in [0.5, 0.6) is 0 Å². The van der Waals surface area contributed by atoms with E-state index in [9.17, 15) is 0 Å². The van der Waals surface area contributed by atoms with Crippen LogP contribution in [0.4, 0.5) is 5.82 Å². The van der Waals surface area contributed by atoms with E-state index < -0.39 is 0 Å². The number of hydrogen-bond acceptors (Lipinski definition) is 4. The lowest BCUT2D eigenvalue weighted by Crippen LogP contribution is -2.42. The van der Waals surface area contributed by atoms with E-state index in [1.807, 2.05) is 36.8 Å². The Hall–Kier alpha value is -2.36. The average molecular weight is 535 g/mol. The Balaban J connectivity index is 0.00000341. The molecule has 8 heteroatoms. The van der Waals surface area contributed by atoms with Crippen LogP contribution in [0.25, 0.3) is 10.9 Å². The van der Waals surface area contributed by atoms with Crippen LogP contribution in [0, 0.1) is 13.8 Å². The quantitative estimate of drug-likeness (QED) is 0.287. The lowest BCUT2D eigenvalue weighted by atomic mass is 10.1. The van der Waals surface area contributed by atoms with Crippen molar-refractivity contribution in [2.45, 2.75) is 39.8 Å². The van der Waals surface area contributed by atoms with Crippen LogP contribution in [0.3, 0.4) is 0 Å². The third-order valence-electron chi connectivity index (χ3n) is 5.47. The SMILES string of the molecule is CN=C(NCc1cc(N(C)C)nc2ccccc12)NC(C)Cc1c(C)nn(C)c1C.I. The largest absolute Gasteiger partial charge is 0.363 e. The van der Waals surface area contributed by atoms with E-state index in [-0.39, 0.29) is 30.0 Å². The molecule has 1 unspecified atom stereocenters. The van der Waals surface area contributed by atoms with Crippen LogP contribution in [-0.4, -0.2) is 47.9 Å². The number of benzene rings is 1. The van der Waals surface area contributed by atoms with Gasteiger partial charge in [0.25, 0.3) is 0 Å². The summed E-state index contributed by atoms with van der Waals surface area (Å²) in [5.74, 6) is 1.73. The van der Waals surface area contributed by atoms with Crippen molar-refractivity contribution in [3.8, 4) is 0 Å². The predicted molar refractivity (Wildman–Crippen MR) is 141 cm³/mol. The molecule has 7 nitrogen and oxygen atoms in total. The molecule has 3 aromatic rings. The molecule has 0 fully saturated rings. The second-order valence-corrected chi connectivity index (χ2v) is 8.00. The molecule has 168 valence electrons. The number of halogens is 1. The number of nitrogens with zero attached hydrogens (tertiary/aromatic N) is 5. The number of hydrogen-bond donors (Lipinski definition) is 2. The number of nitrogens with one attached hydrogen (secondary N) is 2. The number of pyridine rings is 1. The van der Waals surface area contributed by atoms with Crippen molar-refractivity contribution in [1.29, 1.82) is 0 Å². The summed E-state index contributed by atoms with van der Waals surface area (Å²) in [6.07, 6.45) is 0.898. The number of aliphatic imine (C=N–C) groups is 1. The van der Waals surface area contributed by atoms with Crippen LogP contribution >= 0.6 is 24.0 Å². The second-order valence-electron chi connectivity index (χ2n) is 8.00. The molecular weight excluding hydrogens is 501 g/mol. The van der Waals surface area contributed by atoms with Crippen molar-refractivity contribution < 1.29 is 0 Å². The zero-order valence-corrected chi connectivity index (χ0v) is 21.9. The van der Waals surface area contributed by atoms with Crippen LogP contribution in [0.1, 0.15) is 29.4 Å². The molecule has 1 aromatic carbocycles. The summed E-state index contributed by atoms with van der Waals surface area (Å²) in [5, 5.41) is 12.7. The Morgan fingerprint density at radius 1 is 1.23 bits per heavy atom. The zero-order chi connectivity index (χ0) is 21.8. The van der Waals surface area contributed by atoms with E-state index in [1.54, 1.807) is 7.05 Å². The predicted octanol–water partition coefficient (Wildman–Crippen LogP) is 3.57. The number of guanidine groups is 1. The summed E-state index contributed by atoms with van der Waals surface area (Å²) in [4.78, 5) is 11.2. The van der Waals surface area contributed by atoms with Crippen molar-refractivity contribution >= 4 is 46.7 Å². The molecule has 0 amide bonds. The van der Waals surface area contributed by atoms with Crippen molar-refractivity contribution in [3.05, 3.63) is 52.8 Å². The fraction of sp³-hybridized carbons (Fsp3) is 0.435. The highest BCUT2D eigenvalue weighted by Crippen LogP contribution is 2.22. The standard InChI is InChI=1S/C23H33N7.HI/c1-15(12-20-16(2)28-30(7)17(20)3)26-23(24-4)25-14-18-13-22(29(5)6)27-21-11-9-8-10-19(18)21;/h8-11,13,15H,12,14H2,1-7H3,(H2,24,25,26);1H. The summed E-state index contributed by atoms with van der Waals surface area (Å²) in [5.41, 5.74) is 5.79. The number of aromatic nitrogens is 3. The molecule has 0 radical (unpaired) electrons. The third-order valence-corrected chi connectivity index (χ3v) is 5.47. The first-order chi connectivity index (χ1) is 14.3. The summed E-state index contributed by atoms with van der Waals surface area (Å²) >= 11 is 0. The van der Waals surface area contributed by atoms with Gasteiger partial charge in [-0.05, 0) is 50.5 Å². The maximum Gasteiger partial charge on any atom is 0.191 e. The van der Waals surface area contributed by atoms with Gasteiger partial charge in [0.2, 0.25) is 0 Å². The van der Waals surface area contributed by atoms with Gasteiger partial charge >= 0.3 is 0 Å². The Morgan fingerprint density at radius 3 is 2.55 bits per heavy atom. The van der Waals surface area contributed by atoms with E-state index in [0.717, 1.165) is 34.8 Å². The first-order valence-corrected chi connectivity index (χ1v) is 10.3. The maximum absolute atomic E-state index is 4.74. The smallest absolute Gasteiger partial charge is 0.191 e. The van der Waals surface area contributed by atoms with Gasteiger partial charge in [0.05, 0.1) is 11.2 Å². The third kappa shape index (κ3) is 5.87. The maximum atomic E-state index is 4.74. The lowest BCUT2D eigenvalue weighted by Gasteiger charge is -2.19. The van der Waals surface area contributed by atoms with Gasteiger partial charge in [0.1, 0.15) is 5.82 Å². The molecule has 1 atom stereocenters. The highest BCUT2D eigenvalue weighted by atomic mass is 127. The number of aryl methyl sites for hydroxylation is 2. The fourth-order valence-corrected chi connectivity index (χ4v) is 3.68. The van der Waals surface area contributed by atoms with Gasteiger partial charge < -0.3 is 15.5 Å². The molecule has 2 heterocycles. The molecule has 31 heavy (non-hydrogen) atoms. The van der Waals surface area contributed by atoms with E-state index in [0.29, 0.717) is 6.54 Å². The molecule has 0 saturated carbocycles. The van der Waals surface area contributed by atoms with Crippen LogP contribution in [0.15, 0.2) is 35.3 Å². The van der Waals surface area contributed by atoms with Crippen molar-refractivity contribution in [2.75, 3.05) is 26.0 Å². The van der Waals surface area contributed by atoms with Crippen LogP contribution in [-0.2, 0) is 20.0 Å². The number of fused-ring (bicyclic) bond motifs is 1. The molecule has 0 aliphatic carbocycles. The Morgan fingerprint density at radius 2 is 1.94 bits per heavy atom. The first kappa shape index (κ1) is 24.9. The average Bonchev–Trinajstić information content (AvgIpc) is 2.96. The van der Waals surface area contributed by atoms with Crippen molar-refractivity contribution in [3.63, 3.8) is 0 Å². The Bertz CT molecular complexity index is 1060. The minimum absolute atomic E-state index is 0. The number of anilines is 1. The topological polar surface area (TPSA) is 70.4 Å². The molecule has 0 spiro atoms. The van der Waals surface area contributed by atoms with Crippen LogP contribution in [0.2, 0.25) is 0 Å². The number of para-hydroxylation sites is 1. The van der Waals surface area contributed by atoms with E-state index >= 15 is 0 Å². The Labute approximate surface area is 202 Å². The summed E-state index contributed by atoms with van der Waals surface area (Å²) in [7, 11) is 7.82. The molecule has 2 N–H and O–H groups in total. The van der Waals surface area contributed by atoms with Gasteiger partial charge in [0.15, 0.2) is 5.96 Å². The van der Waals surface area contributed by atoms with Gasteiger partial charge in [-0.3, -0.25) is 9.67 Å². The van der Waals surface area contributed by atoms with Crippen molar-refractivity contribution in [2.24, 2.45) is 12.0 Å². The summed E-state index contributed by atoms with van der Waals surface area (Å²) < 4.78 is 1.95. The van der Waals surface area contributed by atoms with Gasteiger partial charge in [-0.1, -0.05) is 18.2 Å². The first-order valence-electron chi connectivity index (χ1n) is 10.3. The van der Waals surface area contributed by atoms with Gasteiger partial charge in [-0.2, -0.15) is 5.10 Å². The molecule has 2 aromatic heterocycles. The molecule has 0 bridgehead atoms.